The molecule has 0 saturated carbocycles. The minimum absolute atomic E-state index is 0.106. The third kappa shape index (κ3) is 3.28. The summed E-state index contributed by atoms with van der Waals surface area (Å²) in [5.41, 5.74) is 3.16. The first-order valence-corrected chi connectivity index (χ1v) is 8.40. The number of fused-ring (bicyclic) bond motifs is 1. The molecule has 0 aliphatic heterocycles. The second kappa shape index (κ2) is 7.58. The van der Waals surface area contributed by atoms with Crippen molar-refractivity contribution >= 4 is 16.8 Å². The molecule has 136 valence electrons. The van der Waals surface area contributed by atoms with E-state index in [2.05, 4.69) is 9.97 Å². The molecule has 0 spiro atoms. The molecule has 0 bridgehead atoms. The van der Waals surface area contributed by atoms with Gasteiger partial charge in [0.2, 0.25) is 0 Å². The van der Waals surface area contributed by atoms with E-state index < -0.39 is 0 Å². The van der Waals surface area contributed by atoms with Gasteiger partial charge in [-0.3, -0.25) is 9.78 Å². The average molecular weight is 353 g/mol. The van der Waals surface area contributed by atoms with Crippen molar-refractivity contribution < 1.29 is 14.3 Å². The van der Waals surface area contributed by atoms with Gasteiger partial charge >= 0.3 is 0 Å². The van der Waals surface area contributed by atoms with Gasteiger partial charge in [0.25, 0.3) is 5.91 Å². The summed E-state index contributed by atoms with van der Waals surface area (Å²) in [7, 11) is 5.02. The molecule has 26 heavy (non-hydrogen) atoms. The Kier molecular flexibility index (Phi) is 5.23. The lowest BCUT2D eigenvalue weighted by Crippen LogP contribution is -2.34. The number of carbonyl (C=O) groups excluding carboxylic acids is 1. The van der Waals surface area contributed by atoms with E-state index in [4.69, 9.17) is 9.47 Å². The highest BCUT2D eigenvalue weighted by molar-refractivity contribution is 6.01. The van der Waals surface area contributed by atoms with Crippen molar-refractivity contribution in [2.45, 2.75) is 13.0 Å². The van der Waals surface area contributed by atoms with E-state index in [0.717, 1.165) is 27.9 Å². The van der Waals surface area contributed by atoms with E-state index in [1.807, 2.05) is 43.3 Å². The molecule has 0 fully saturated rings. The monoisotopic (exact) mass is 353 g/mol. The molecule has 6 heteroatoms. The molecule has 1 atom stereocenters. The number of benzene rings is 1. The van der Waals surface area contributed by atoms with Crippen molar-refractivity contribution in [3.05, 3.63) is 59.5 Å². The number of H-pyrrole nitrogens is 1. The molecule has 0 aliphatic rings. The van der Waals surface area contributed by atoms with Crippen molar-refractivity contribution in [1.29, 1.82) is 0 Å². The number of nitrogens with zero attached hydrogens (tertiary/aromatic N) is 2. The lowest BCUT2D eigenvalue weighted by atomic mass is 10.1. The van der Waals surface area contributed by atoms with Crippen LogP contribution in [0, 0.1) is 6.92 Å². The second-order valence-electron chi connectivity index (χ2n) is 6.18. The van der Waals surface area contributed by atoms with Crippen molar-refractivity contribution in [3.63, 3.8) is 0 Å². The van der Waals surface area contributed by atoms with Crippen LogP contribution >= 0.6 is 0 Å². The minimum atomic E-state index is -0.269. The summed E-state index contributed by atoms with van der Waals surface area (Å²) in [6.45, 7) is 2.30. The maximum atomic E-state index is 13.2. The van der Waals surface area contributed by atoms with Crippen LogP contribution in [0.5, 0.6) is 5.75 Å². The summed E-state index contributed by atoms with van der Waals surface area (Å²) in [5.74, 6) is 0.656. The zero-order chi connectivity index (χ0) is 18.7. The number of carbonyl (C=O) groups is 1. The lowest BCUT2D eigenvalue weighted by Gasteiger charge is -2.27. The number of likely N-dealkylation sites (N-methyl/N-ethyl adjacent to an activating group) is 1. The number of methoxy groups -OCH3 is 2. The highest BCUT2D eigenvalue weighted by Gasteiger charge is 2.26. The highest BCUT2D eigenvalue weighted by Crippen LogP contribution is 2.28. The van der Waals surface area contributed by atoms with E-state index in [1.54, 1.807) is 32.4 Å². The van der Waals surface area contributed by atoms with Crippen LogP contribution in [0.15, 0.2) is 42.6 Å². The van der Waals surface area contributed by atoms with Gasteiger partial charge in [0.05, 0.1) is 25.5 Å². The van der Waals surface area contributed by atoms with Crippen molar-refractivity contribution in [3.8, 4) is 5.75 Å². The van der Waals surface area contributed by atoms with Gasteiger partial charge < -0.3 is 19.4 Å². The summed E-state index contributed by atoms with van der Waals surface area (Å²) >= 11 is 0. The number of aromatic nitrogens is 2. The number of hydrogen-bond donors (Lipinski definition) is 1. The maximum Gasteiger partial charge on any atom is 0.270 e. The standard InChI is InChI=1S/C20H23N3O3/c1-13-15-11-14(26-4)8-9-16(15)22-19(13)20(24)23(2)18(12-25-3)17-7-5-6-10-21-17/h5-11,18,22H,12H2,1-4H3/t18-/m0/s1. The Morgan fingerprint density at radius 1 is 1.27 bits per heavy atom. The molecule has 0 radical (unpaired) electrons. The zero-order valence-electron chi connectivity index (χ0n) is 15.4. The van der Waals surface area contributed by atoms with E-state index in [9.17, 15) is 4.79 Å². The number of aromatic amines is 1. The summed E-state index contributed by atoms with van der Waals surface area (Å²) in [6, 6.07) is 11.1. The summed E-state index contributed by atoms with van der Waals surface area (Å²) < 4.78 is 10.6. The largest absolute Gasteiger partial charge is 0.497 e. The molecule has 1 amide bonds. The number of nitrogens with one attached hydrogen (secondary N) is 1. The summed E-state index contributed by atoms with van der Waals surface area (Å²) in [5, 5.41) is 0.974. The molecule has 1 aromatic carbocycles. The molecule has 0 saturated heterocycles. The zero-order valence-corrected chi connectivity index (χ0v) is 15.4. The first-order chi connectivity index (χ1) is 12.6. The van der Waals surface area contributed by atoms with Crippen LogP contribution in [-0.4, -0.2) is 48.6 Å². The Morgan fingerprint density at radius 3 is 2.73 bits per heavy atom. The van der Waals surface area contributed by atoms with E-state index in [-0.39, 0.29) is 11.9 Å². The third-order valence-electron chi connectivity index (χ3n) is 4.62. The van der Waals surface area contributed by atoms with Gasteiger partial charge in [-0.2, -0.15) is 0 Å². The van der Waals surface area contributed by atoms with Crippen LogP contribution in [-0.2, 0) is 4.74 Å². The minimum Gasteiger partial charge on any atom is -0.497 e. The molecule has 2 heterocycles. The predicted molar refractivity (Wildman–Crippen MR) is 101 cm³/mol. The Balaban J connectivity index is 1.96. The topological polar surface area (TPSA) is 67.5 Å². The Hall–Kier alpha value is -2.86. The Bertz CT molecular complexity index is 905. The van der Waals surface area contributed by atoms with Crippen LogP contribution in [0.1, 0.15) is 27.8 Å². The van der Waals surface area contributed by atoms with Crippen molar-refractivity contribution in [1.82, 2.24) is 14.9 Å². The number of aryl methyl sites for hydroxylation is 1. The predicted octanol–water partition coefficient (Wildman–Crippen LogP) is 3.34. The van der Waals surface area contributed by atoms with Crippen molar-refractivity contribution in [2.24, 2.45) is 0 Å². The molecule has 6 nitrogen and oxygen atoms in total. The van der Waals surface area contributed by atoms with Crippen LogP contribution < -0.4 is 4.74 Å². The SMILES string of the molecule is COC[C@@H](c1ccccn1)N(C)C(=O)c1[nH]c2ccc(OC)cc2c1C. The molecule has 3 aromatic rings. The normalized spacial score (nSPS) is 12.2. The van der Waals surface area contributed by atoms with Crippen LogP contribution in [0.4, 0.5) is 0 Å². The molecule has 2 aromatic heterocycles. The van der Waals surface area contributed by atoms with Crippen LogP contribution in [0.2, 0.25) is 0 Å². The van der Waals surface area contributed by atoms with Gasteiger partial charge in [0.1, 0.15) is 11.4 Å². The highest BCUT2D eigenvalue weighted by atomic mass is 16.5. The fourth-order valence-corrected chi connectivity index (χ4v) is 3.09. The molecule has 3 rings (SSSR count). The fraction of sp³-hybridized carbons (Fsp3) is 0.300. The van der Waals surface area contributed by atoms with E-state index in [1.165, 1.54) is 0 Å². The number of rotatable bonds is 6. The Labute approximate surface area is 152 Å². The second-order valence-corrected chi connectivity index (χ2v) is 6.18. The van der Waals surface area contributed by atoms with Gasteiger partial charge in [-0.05, 0) is 42.8 Å². The molecule has 0 aliphatic carbocycles. The smallest absolute Gasteiger partial charge is 0.270 e. The summed E-state index contributed by atoms with van der Waals surface area (Å²) in [4.78, 5) is 22.4. The average Bonchev–Trinajstić information content (AvgIpc) is 3.01. The molecular formula is C20H23N3O3. The van der Waals surface area contributed by atoms with Crippen LogP contribution in [0.3, 0.4) is 0 Å². The first-order valence-electron chi connectivity index (χ1n) is 8.40. The maximum absolute atomic E-state index is 13.2. The third-order valence-corrected chi connectivity index (χ3v) is 4.62. The van der Waals surface area contributed by atoms with Gasteiger partial charge in [-0.25, -0.2) is 0 Å². The van der Waals surface area contributed by atoms with Crippen molar-refractivity contribution in [2.75, 3.05) is 27.9 Å². The van der Waals surface area contributed by atoms with Gasteiger partial charge in [-0.15, -0.1) is 0 Å². The first kappa shape index (κ1) is 17.9. The summed E-state index contributed by atoms with van der Waals surface area (Å²) in [6.07, 6.45) is 1.72. The molecule has 1 N–H and O–H groups in total. The lowest BCUT2D eigenvalue weighted by molar-refractivity contribution is 0.0590. The van der Waals surface area contributed by atoms with E-state index >= 15 is 0 Å². The number of pyridine rings is 1. The quantitative estimate of drug-likeness (QED) is 0.738. The molecular weight excluding hydrogens is 330 g/mol. The number of amides is 1. The van der Waals surface area contributed by atoms with Gasteiger partial charge in [0.15, 0.2) is 0 Å². The number of ether oxygens (including phenoxy) is 2. The number of hydrogen-bond acceptors (Lipinski definition) is 4. The molecule has 0 unspecified atom stereocenters. The van der Waals surface area contributed by atoms with Crippen LogP contribution in [0.25, 0.3) is 10.9 Å². The van der Waals surface area contributed by atoms with E-state index in [0.29, 0.717) is 12.3 Å². The fourth-order valence-electron chi connectivity index (χ4n) is 3.09. The Morgan fingerprint density at radius 2 is 2.08 bits per heavy atom. The van der Waals surface area contributed by atoms with Gasteiger partial charge in [-0.1, -0.05) is 6.07 Å². The van der Waals surface area contributed by atoms with Gasteiger partial charge in [0, 0.05) is 31.3 Å².